The monoisotopic (exact) mass is 443 g/mol. The second-order valence-corrected chi connectivity index (χ2v) is 6.62. The number of hydrogen-bond acceptors (Lipinski definition) is 9. The average molecular weight is 444 g/mol. The quantitative estimate of drug-likeness (QED) is 0.234. The number of ether oxygens (including phenoxy) is 3. The Bertz CT molecular complexity index is 1230. The lowest BCUT2D eigenvalue weighted by Crippen LogP contribution is -2.01. The molecule has 0 amide bonds. The molecule has 11 nitrogen and oxygen atoms in total. The molecule has 3 aromatic rings. The van der Waals surface area contributed by atoms with Crippen molar-refractivity contribution in [1.29, 1.82) is 0 Å². The molecule has 4 rings (SSSR count). The van der Waals surface area contributed by atoms with Crippen LogP contribution >= 0.6 is 11.6 Å². The molecule has 0 saturated heterocycles. The van der Waals surface area contributed by atoms with E-state index in [1.165, 1.54) is 31.9 Å². The number of cyclic esters (lactones) is 1. The first-order valence-corrected chi connectivity index (χ1v) is 9.24. The minimum absolute atomic E-state index is 0.0306. The molecule has 0 atom stereocenters. The molecule has 0 saturated carbocycles. The molecule has 1 aliphatic rings. The van der Waals surface area contributed by atoms with Crippen molar-refractivity contribution in [1.82, 2.24) is 19.5 Å². The summed E-state index contributed by atoms with van der Waals surface area (Å²) in [6.07, 6.45) is 4.48. The fourth-order valence-electron chi connectivity index (χ4n) is 2.88. The number of carbonyl (C=O) groups excluding carboxylic acids is 1. The van der Waals surface area contributed by atoms with Crippen molar-refractivity contribution < 1.29 is 23.9 Å². The van der Waals surface area contributed by atoms with Crippen molar-refractivity contribution >= 4 is 34.4 Å². The molecule has 1 aromatic carbocycles. The molecule has 2 aromatic heterocycles. The van der Waals surface area contributed by atoms with Crippen molar-refractivity contribution in [3.05, 3.63) is 81.1 Å². The van der Waals surface area contributed by atoms with Crippen LogP contribution in [0.4, 0.5) is 5.69 Å². The number of aromatic nitrogens is 4. The molecule has 0 fully saturated rings. The number of carbonyl (C=O) groups is 1. The molecule has 0 unspecified atom stereocenters. The van der Waals surface area contributed by atoms with Gasteiger partial charge in [0.05, 0.1) is 18.4 Å². The lowest BCUT2D eigenvalue weighted by atomic mass is 10.2. The van der Waals surface area contributed by atoms with Gasteiger partial charge < -0.3 is 18.8 Å². The first-order chi connectivity index (χ1) is 15.0. The van der Waals surface area contributed by atoms with Crippen LogP contribution in [0.3, 0.4) is 0 Å². The molecule has 0 spiro atoms. The summed E-state index contributed by atoms with van der Waals surface area (Å²) in [6.45, 7) is 0.304. The Morgan fingerprint density at radius 3 is 2.71 bits per heavy atom. The zero-order valence-electron chi connectivity index (χ0n) is 16.0. The van der Waals surface area contributed by atoms with E-state index in [2.05, 4.69) is 15.0 Å². The molecule has 0 radical (unpaired) electrons. The fraction of sp³-hybridized carbons (Fsp3) is 0.158. The first kappa shape index (κ1) is 20.3. The Morgan fingerprint density at radius 1 is 1.23 bits per heavy atom. The summed E-state index contributed by atoms with van der Waals surface area (Å²) < 4.78 is 17.8. The minimum atomic E-state index is -0.687. The third-order valence-corrected chi connectivity index (χ3v) is 4.66. The summed E-state index contributed by atoms with van der Waals surface area (Å²) in [7, 11) is 1.33. The van der Waals surface area contributed by atoms with Crippen molar-refractivity contribution in [3.8, 4) is 0 Å². The number of imidazole rings is 1. The maximum Gasteiger partial charge on any atom is 0.383 e. The number of esters is 1. The normalized spacial score (nSPS) is 14.9. The van der Waals surface area contributed by atoms with Crippen molar-refractivity contribution in [3.63, 3.8) is 0 Å². The van der Waals surface area contributed by atoms with Gasteiger partial charge in [-0.1, -0.05) is 11.6 Å². The summed E-state index contributed by atoms with van der Waals surface area (Å²) in [5.74, 6) is -0.462. The maximum absolute atomic E-state index is 12.1. The Labute approximate surface area is 179 Å². The third kappa shape index (κ3) is 4.03. The molecule has 31 heavy (non-hydrogen) atoms. The lowest BCUT2D eigenvalue weighted by molar-refractivity contribution is -0.384. The average Bonchev–Trinajstić information content (AvgIpc) is 3.31. The van der Waals surface area contributed by atoms with Crippen molar-refractivity contribution in [2.24, 2.45) is 0 Å². The second kappa shape index (κ2) is 8.40. The Balaban J connectivity index is 1.55. The number of nitro groups is 1. The Kier molecular flexibility index (Phi) is 5.50. The summed E-state index contributed by atoms with van der Waals surface area (Å²) in [6, 6.07) is 5.86. The molecular formula is C19H14ClN5O6. The van der Waals surface area contributed by atoms with E-state index in [0.29, 0.717) is 16.7 Å². The molecule has 0 bridgehead atoms. The highest BCUT2D eigenvalue weighted by molar-refractivity contribution is 6.33. The highest BCUT2D eigenvalue weighted by Gasteiger charge is 2.33. The zero-order valence-corrected chi connectivity index (χ0v) is 16.8. The van der Waals surface area contributed by atoms with Crippen LogP contribution in [0.5, 0.6) is 0 Å². The van der Waals surface area contributed by atoms with Crippen LogP contribution in [0, 0.1) is 10.1 Å². The van der Waals surface area contributed by atoms with Gasteiger partial charge in [-0.05, 0) is 23.8 Å². The van der Waals surface area contributed by atoms with E-state index in [4.69, 9.17) is 25.8 Å². The van der Waals surface area contributed by atoms with Gasteiger partial charge in [-0.3, -0.25) is 10.1 Å². The Morgan fingerprint density at radius 2 is 2.00 bits per heavy atom. The molecule has 12 heteroatoms. The number of benzene rings is 1. The van der Waals surface area contributed by atoms with Gasteiger partial charge in [0, 0.05) is 18.7 Å². The third-order valence-electron chi connectivity index (χ3n) is 4.38. The number of halogens is 1. The molecule has 0 N–H and O–H groups in total. The van der Waals surface area contributed by atoms with Crippen LogP contribution in [-0.4, -0.2) is 37.5 Å². The number of rotatable bonds is 7. The van der Waals surface area contributed by atoms with Gasteiger partial charge >= 0.3 is 5.97 Å². The van der Waals surface area contributed by atoms with Crippen LogP contribution in [0.15, 0.2) is 60.3 Å². The van der Waals surface area contributed by atoms with Crippen LogP contribution in [-0.2, 0) is 32.2 Å². The van der Waals surface area contributed by atoms with Crippen LogP contribution < -0.4 is 0 Å². The van der Waals surface area contributed by atoms with Gasteiger partial charge in [0.15, 0.2) is 16.6 Å². The molecular weight excluding hydrogens is 430 g/mol. The molecule has 0 aliphatic carbocycles. The predicted molar refractivity (Wildman–Crippen MR) is 106 cm³/mol. The highest BCUT2D eigenvalue weighted by atomic mass is 35.5. The Hall–Kier alpha value is -3.99. The van der Waals surface area contributed by atoms with Gasteiger partial charge in [-0.15, -0.1) is 0 Å². The molecule has 3 heterocycles. The van der Waals surface area contributed by atoms with E-state index in [0.717, 1.165) is 0 Å². The van der Waals surface area contributed by atoms with E-state index < -0.39 is 10.9 Å². The standard InChI is InChI=1S/C19H14ClN5O6/c1-29-16-15(30-8-11-2-4-12(5-3-11)25(27)28)13(31-19(16)26)6-7-24-10-23-14-17(20)21-9-22-18(14)24/h2-6,9-10H,7-8H2,1H3/b13-6-. The number of nitro benzene ring substituents is 1. The number of fused-ring (bicyclic) bond motifs is 1. The van der Waals surface area contributed by atoms with E-state index in [9.17, 15) is 14.9 Å². The van der Waals surface area contributed by atoms with Gasteiger partial charge in [0.25, 0.3) is 11.4 Å². The van der Waals surface area contributed by atoms with Crippen LogP contribution in [0.2, 0.25) is 5.15 Å². The van der Waals surface area contributed by atoms with E-state index in [1.54, 1.807) is 22.8 Å². The summed E-state index contributed by atoms with van der Waals surface area (Å²) in [5.41, 5.74) is 1.61. The maximum atomic E-state index is 12.1. The highest BCUT2D eigenvalue weighted by Crippen LogP contribution is 2.29. The smallest absolute Gasteiger partial charge is 0.383 e. The second-order valence-electron chi connectivity index (χ2n) is 6.27. The topological polar surface area (TPSA) is 132 Å². The largest absolute Gasteiger partial charge is 0.487 e. The van der Waals surface area contributed by atoms with Gasteiger partial charge in [-0.2, -0.15) is 0 Å². The number of non-ortho nitro benzene ring substituents is 1. The van der Waals surface area contributed by atoms with E-state index >= 15 is 0 Å². The number of allylic oxidation sites excluding steroid dienone is 1. The summed E-state index contributed by atoms with van der Waals surface area (Å²) in [5, 5.41) is 11.0. The van der Waals surface area contributed by atoms with E-state index in [-0.39, 0.29) is 41.3 Å². The zero-order chi connectivity index (χ0) is 22.0. The SMILES string of the molecule is COC1=C(OCc2ccc([N+](=O)[O-])cc2)/C(=C/Cn2cnc3c(Cl)ncnc32)OC1=O. The minimum Gasteiger partial charge on any atom is -0.487 e. The number of nitrogens with zero attached hydrogens (tertiary/aromatic N) is 5. The fourth-order valence-corrected chi connectivity index (χ4v) is 3.06. The number of hydrogen-bond donors (Lipinski definition) is 0. The van der Waals surface area contributed by atoms with Crippen LogP contribution in [0.25, 0.3) is 11.2 Å². The van der Waals surface area contributed by atoms with Gasteiger partial charge in [-0.25, -0.2) is 19.7 Å². The lowest BCUT2D eigenvalue weighted by Gasteiger charge is -2.09. The number of methoxy groups -OCH3 is 1. The van der Waals surface area contributed by atoms with Crippen LogP contribution in [0.1, 0.15) is 5.56 Å². The first-order valence-electron chi connectivity index (χ1n) is 8.86. The van der Waals surface area contributed by atoms with Crippen molar-refractivity contribution in [2.75, 3.05) is 7.11 Å². The van der Waals surface area contributed by atoms with Gasteiger partial charge in [0.2, 0.25) is 5.76 Å². The molecule has 1 aliphatic heterocycles. The predicted octanol–water partition coefficient (Wildman–Crippen LogP) is 2.90. The summed E-state index contributed by atoms with van der Waals surface area (Å²) in [4.78, 5) is 34.6. The molecule has 158 valence electrons. The summed E-state index contributed by atoms with van der Waals surface area (Å²) >= 11 is 6.01. The van der Waals surface area contributed by atoms with Crippen molar-refractivity contribution in [2.45, 2.75) is 13.2 Å². The van der Waals surface area contributed by atoms with Gasteiger partial charge in [0.1, 0.15) is 18.5 Å². The van der Waals surface area contributed by atoms with E-state index in [1.807, 2.05) is 0 Å².